The predicted molar refractivity (Wildman–Crippen MR) is 66.4 cm³/mol. The summed E-state index contributed by atoms with van der Waals surface area (Å²) in [5.74, 6) is -0.591. The quantitative estimate of drug-likeness (QED) is 0.847. The Morgan fingerprint density at radius 3 is 2.89 bits per heavy atom. The Morgan fingerprint density at radius 1 is 1.56 bits per heavy atom. The Balaban J connectivity index is 2.35. The van der Waals surface area contributed by atoms with Crippen molar-refractivity contribution in [2.24, 2.45) is 0 Å². The molecule has 0 spiro atoms. The van der Waals surface area contributed by atoms with Crippen molar-refractivity contribution in [2.75, 3.05) is 7.11 Å². The molecule has 0 unspecified atom stereocenters. The van der Waals surface area contributed by atoms with Gasteiger partial charge in [-0.2, -0.15) is 5.10 Å². The van der Waals surface area contributed by atoms with Gasteiger partial charge in [-0.25, -0.2) is 0 Å². The van der Waals surface area contributed by atoms with Gasteiger partial charge in [0.1, 0.15) is 5.75 Å². The monoisotopic (exact) mass is 309 g/mol. The molecule has 0 saturated carbocycles. The number of aromatic nitrogens is 2. The topological polar surface area (TPSA) is 67.2 Å². The van der Waals surface area contributed by atoms with Crippen LogP contribution in [-0.4, -0.2) is 22.9 Å². The second kappa shape index (κ2) is 5.22. The maximum absolute atomic E-state index is 10.8. The van der Waals surface area contributed by atoms with Crippen LogP contribution < -0.4 is 9.84 Å². The van der Waals surface area contributed by atoms with Crippen molar-refractivity contribution in [3.05, 3.63) is 46.2 Å². The summed E-state index contributed by atoms with van der Waals surface area (Å²) >= 11 is 3.30. The first-order valence-corrected chi connectivity index (χ1v) is 5.95. The number of rotatable bonds is 4. The molecule has 1 heterocycles. The third kappa shape index (κ3) is 2.70. The number of aromatic carboxylic acids is 1. The Kier molecular flexibility index (Phi) is 3.66. The van der Waals surface area contributed by atoms with Crippen LogP contribution in [0, 0.1) is 0 Å². The van der Waals surface area contributed by atoms with E-state index in [1.54, 1.807) is 23.1 Å². The summed E-state index contributed by atoms with van der Waals surface area (Å²) in [6.07, 6.45) is 3.46. The maximum Gasteiger partial charge on any atom is 0.123 e. The molecule has 5 nitrogen and oxygen atoms in total. The Morgan fingerprint density at radius 2 is 2.33 bits per heavy atom. The van der Waals surface area contributed by atoms with E-state index in [2.05, 4.69) is 21.0 Å². The molecule has 2 rings (SSSR count). The minimum atomic E-state index is -1.21. The molecule has 0 saturated heterocycles. The summed E-state index contributed by atoms with van der Waals surface area (Å²) in [5, 5.41) is 14.9. The summed E-state index contributed by atoms with van der Waals surface area (Å²) in [6, 6.07) is 4.60. The van der Waals surface area contributed by atoms with Crippen LogP contribution in [0.25, 0.3) is 0 Å². The summed E-state index contributed by atoms with van der Waals surface area (Å²) in [6.45, 7) is 0.426. The first-order chi connectivity index (χ1) is 8.60. The van der Waals surface area contributed by atoms with E-state index in [-0.39, 0.29) is 5.56 Å². The van der Waals surface area contributed by atoms with Crippen molar-refractivity contribution in [1.82, 2.24) is 9.78 Å². The number of carboxylic acids is 1. The van der Waals surface area contributed by atoms with Crippen LogP contribution in [0.1, 0.15) is 15.9 Å². The first-order valence-electron chi connectivity index (χ1n) is 5.16. The maximum atomic E-state index is 10.8. The van der Waals surface area contributed by atoms with Gasteiger partial charge < -0.3 is 14.6 Å². The summed E-state index contributed by atoms with van der Waals surface area (Å²) < 4.78 is 7.73. The van der Waals surface area contributed by atoms with Crippen molar-refractivity contribution in [3.8, 4) is 5.75 Å². The van der Waals surface area contributed by atoms with Crippen LogP contribution in [0.15, 0.2) is 35.1 Å². The second-order valence-corrected chi connectivity index (χ2v) is 4.59. The van der Waals surface area contributed by atoms with Crippen molar-refractivity contribution < 1.29 is 14.6 Å². The number of carboxylic acid groups (broad SMARTS) is 1. The first kappa shape index (κ1) is 12.6. The van der Waals surface area contributed by atoms with E-state index >= 15 is 0 Å². The summed E-state index contributed by atoms with van der Waals surface area (Å²) in [5.41, 5.74) is 0.854. The van der Waals surface area contributed by atoms with Gasteiger partial charge in [0.2, 0.25) is 0 Å². The van der Waals surface area contributed by atoms with Crippen LogP contribution in [-0.2, 0) is 6.54 Å². The van der Waals surface area contributed by atoms with Crippen molar-refractivity contribution in [3.63, 3.8) is 0 Å². The molecule has 94 valence electrons. The number of ether oxygens (including phenoxy) is 1. The van der Waals surface area contributed by atoms with Crippen molar-refractivity contribution in [1.29, 1.82) is 0 Å². The molecule has 2 aromatic rings. The van der Waals surface area contributed by atoms with Gasteiger partial charge >= 0.3 is 0 Å². The third-order valence-corrected chi connectivity index (χ3v) is 2.86. The van der Waals surface area contributed by atoms with Crippen LogP contribution >= 0.6 is 15.9 Å². The lowest BCUT2D eigenvalue weighted by atomic mass is 10.1. The lowest BCUT2D eigenvalue weighted by Crippen LogP contribution is -2.22. The molecule has 0 bridgehead atoms. The van der Waals surface area contributed by atoms with Crippen LogP contribution in [0.3, 0.4) is 0 Å². The SMILES string of the molecule is COc1ccc(C(=O)[O-])cc1Cn1cc(Br)cn1. The fraction of sp³-hybridized carbons (Fsp3) is 0.167. The zero-order chi connectivity index (χ0) is 13.1. The number of halogens is 1. The zero-order valence-electron chi connectivity index (χ0n) is 9.59. The fourth-order valence-corrected chi connectivity index (χ4v) is 1.96. The molecule has 0 aliphatic carbocycles. The van der Waals surface area contributed by atoms with E-state index in [0.29, 0.717) is 12.3 Å². The van der Waals surface area contributed by atoms with E-state index in [9.17, 15) is 9.90 Å². The molecular weight excluding hydrogens is 300 g/mol. The van der Waals surface area contributed by atoms with E-state index in [1.165, 1.54) is 19.2 Å². The highest BCUT2D eigenvalue weighted by Crippen LogP contribution is 2.21. The minimum absolute atomic E-state index is 0.122. The van der Waals surface area contributed by atoms with E-state index in [1.807, 2.05) is 0 Å². The smallest absolute Gasteiger partial charge is 0.123 e. The van der Waals surface area contributed by atoms with Crippen LogP contribution in [0.4, 0.5) is 0 Å². The molecule has 0 atom stereocenters. The lowest BCUT2D eigenvalue weighted by molar-refractivity contribution is -0.255. The Hall–Kier alpha value is -1.82. The van der Waals surface area contributed by atoms with Gasteiger partial charge in [-0.3, -0.25) is 4.68 Å². The predicted octanol–water partition coefficient (Wildman–Crippen LogP) is 1.07. The Labute approximate surface area is 112 Å². The highest BCUT2D eigenvalue weighted by atomic mass is 79.9. The molecule has 6 heteroatoms. The van der Waals surface area contributed by atoms with Gasteiger partial charge in [-0.05, 0) is 39.7 Å². The molecule has 0 radical (unpaired) electrons. The highest BCUT2D eigenvalue weighted by Gasteiger charge is 2.07. The van der Waals surface area contributed by atoms with Crippen molar-refractivity contribution >= 4 is 21.9 Å². The van der Waals surface area contributed by atoms with Gasteiger partial charge in [-0.15, -0.1) is 0 Å². The van der Waals surface area contributed by atoms with Gasteiger partial charge in [-0.1, -0.05) is 0 Å². The molecule has 0 amide bonds. The third-order valence-electron chi connectivity index (χ3n) is 2.45. The molecule has 18 heavy (non-hydrogen) atoms. The zero-order valence-corrected chi connectivity index (χ0v) is 11.2. The second-order valence-electron chi connectivity index (χ2n) is 3.67. The minimum Gasteiger partial charge on any atom is -0.545 e. The van der Waals surface area contributed by atoms with Crippen LogP contribution in [0.5, 0.6) is 5.75 Å². The van der Waals surface area contributed by atoms with Crippen LogP contribution in [0.2, 0.25) is 0 Å². The number of carbonyl (C=O) groups excluding carboxylic acids is 1. The number of benzene rings is 1. The molecule has 0 N–H and O–H groups in total. The Bertz CT molecular complexity index is 580. The van der Waals surface area contributed by atoms with E-state index in [0.717, 1.165) is 10.0 Å². The van der Waals surface area contributed by atoms with Gasteiger partial charge in [0.25, 0.3) is 0 Å². The summed E-state index contributed by atoms with van der Waals surface area (Å²) in [4.78, 5) is 10.8. The molecule has 0 aliphatic rings. The summed E-state index contributed by atoms with van der Waals surface area (Å²) in [7, 11) is 1.54. The number of carbonyl (C=O) groups is 1. The van der Waals surface area contributed by atoms with Gasteiger partial charge in [0.15, 0.2) is 0 Å². The highest BCUT2D eigenvalue weighted by molar-refractivity contribution is 9.10. The van der Waals surface area contributed by atoms with E-state index < -0.39 is 5.97 Å². The average molecular weight is 310 g/mol. The number of hydrogen-bond acceptors (Lipinski definition) is 4. The normalized spacial score (nSPS) is 10.3. The number of nitrogens with zero attached hydrogens (tertiary/aromatic N) is 2. The van der Waals surface area contributed by atoms with Gasteiger partial charge in [0.05, 0.1) is 30.3 Å². The number of methoxy groups -OCH3 is 1. The average Bonchev–Trinajstić information content (AvgIpc) is 2.74. The largest absolute Gasteiger partial charge is 0.545 e. The fourth-order valence-electron chi connectivity index (χ4n) is 1.63. The lowest BCUT2D eigenvalue weighted by Gasteiger charge is -2.11. The van der Waals surface area contributed by atoms with E-state index in [4.69, 9.17) is 4.74 Å². The van der Waals surface area contributed by atoms with Crippen molar-refractivity contribution in [2.45, 2.75) is 6.54 Å². The standard InChI is InChI=1S/C12H11BrN2O3/c1-18-11-3-2-8(12(16)17)4-9(11)6-15-7-10(13)5-14-15/h2-5,7H,6H2,1H3,(H,16,17)/p-1. The number of hydrogen-bond donors (Lipinski definition) is 0. The molecule has 0 fully saturated rings. The molecular formula is C12H10BrN2O3-. The molecule has 1 aromatic heterocycles. The van der Waals surface area contributed by atoms with Gasteiger partial charge in [0, 0.05) is 11.8 Å². The molecule has 0 aliphatic heterocycles. The molecule has 1 aromatic carbocycles.